The van der Waals surface area contributed by atoms with Gasteiger partial charge in [0.1, 0.15) is 11.6 Å². The van der Waals surface area contributed by atoms with Crippen LogP contribution in [0.15, 0.2) is 40.6 Å². The summed E-state index contributed by atoms with van der Waals surface area (Å²) >= 11 is 0.987. The Kier molecular flexibility index (Phi) is 4.44. The SMILES string of the molecule is CC(N)Cc1cnc(Sc2cc(F)ccc2F)nc1. The standard InChI is InChI=1S/C13H13F2N3S/c1-8(16)4-9-6-17-13(18-7-9)19-12-5-10(14)2-3-11(12)15/h2-3,5-8H,4,16H2,1H3. The highest BCUT2D eigenvalue weighted by molar-refractivity contribution is 7.99. The third-order valence-corrected chi connectivity index (χ3v) is 3.26. The van der Waals surface area contributed by atoms with Crippen molar-refractivity contribution in [2.75, 3.05) is 0 Å². The molecule has 0 amide bonds. The zero-order valence-corrected chi connectivity index (χ0v) is 11.1. The van der Waals surface area contributed by atoms with Gasteiger partial charge in [-0.2, -0.15) is 0 Å². The Hall–Kier alpha value is -1.53. The molecule has 1 atom stereocenters. The first-order valence-electron chi connectivity index (χ1n) is 5.74. The van der Waals surface area contributed by atoms with Crippen LogP contribution in [0.25, 0.3) is 0 Å². The van der Waals surface area contributed by atoms with E-state index in [1.165, 1.54) is 0 Å². The lowest BCUT2D eigenvalue weighted by Gasteiger charge is -2.05. The van der Waals surface area contributed by atoms with E-state index in [1.54, 1.807) is 12.4 Å². The maximum Gasteiger partial charge on any atom is 0.192 e. The summed E-state index contributed by atoms with van der Waals surface area (Å²) in [6, 6.07) is 3.32. The largest absolute Gasteiger partial charge is 0.328 e. The minimum Gasteiger partial charge on any atom is -0.328 e. The average molecular weight is 281 g/mol. The highest BCUT2D eigenvalue weighted by atomic mass is 32.2. The molecule has 1 aromatic carbocycles. The summed E-state index contributed by atoms with van der Waals surface area (Å²) in [6.07, 6.45) is 3.98. The van der Waals surface area contributed by atoms with Crippen LogP contribution in [0.1, 0.15) is 12.5 Å². The monoisotopic (exact) mass is 281 g/mol. The number of hydrogen-bond acceptors (Lipinski definition) is 4. The van der Waals surface area contributed by atoms with Gasteiger partial charge in [0.25, 0.3) is 0 Å². The second-order valence-corrected chi connectivity index (χ2v) is 5.24. The van der Waals surface area contributed by atoms with Gasteiger partial charge in [-0.1, -0.05) is 0 Å². The number of nitrogens with two attached hydrogens (primary N) is 1. The van der Waals surface area contributed by atoms with Gasteiger partial charge in [0, 0.05) is 18.4 Å². The average Bonchev–Trinajstić information content (AvgIpc) is 2.35. The minimum absolute atomic E-state index is 0.0303. The predicted octanol–water partition coefficient (Wildman–Crippen LogP) is 2.80. The molecule has 0 saturated carbocycles. The molecule has 3 nitrogen and oxygen atoms in total. The first-order valence-corrected chi connectivity index (χ1v) is 6.55. The van der Waals surface area contributed by atoms with Crippen molar-refractivity contribution in [1.29, 1.82) is 0 Å². The van der Waals surface area contributed by atoms with Gasteiger partial charge in [-0.05, 0) is 48.9 Å². The summed E-state index contributed by atoms with van der Waals surface area (Å²) in [6.45, 7) is 1.89. The van der Waals surface area contributed by atoms with Crippen LogP contribution < -0.4 is 5.73 Å². The Bertz CT molecular complexity index is 558. The maximum absolute atomic E-state index is 13.4. The van der Waals surface area contributed by atoms with Gasteiger partial charge in [-0.3, -0.25) is 0 Å². The van der Waals surface area contributed by atoms with Crippen LogP contribution in [-0.2, 0) is 6.42 Å². The molecule has 1 heterocycles. The lowest BCUT2D eigenvalue weighted by molar-refractivity contribution is 0.577. The Morgan fingerprint density at radius 1 is 1.26 bits per heavy atom. The summed E-state index contributed by atoms with van der Waals surface area (Å²) in [4.78, 5) is 8.38. The molecule has 0 aliphatic heterocycles. The van der Waals surface area contributed by atoms with Crippen LogP contribution in [0.3, 0.4) is 0 Å². The zero-order valence-electron chi connectivity index (χ0n) is 10.3. The van der Waals surface area contributed by atoms with Crippen LogP contribution in [0.5, 0.6) is 0 Å². The molecule has 1 unspecified atom stereocenters. The molecule has 1 aromatic heterocycles. The van der Waals surface area contributed by atoms with Crippen molar-refractivity contribution in [1.82, 2.24) is 9.97 Å². The van der Waals surface area contributed by atoms with Gasteiger partial charge in [0.15, 0.2) is 5.16 Å². The molecule has 2 aromatic rings. The summed E-state index contributed by atoms with van der Waals surface area (Å²) in [7, 11) is 0. The molecule has 2 rings (SSSR count). The highest BCUT2D eigenvalue weighted by Crippen LogP contribution is 2.27. The molecule has 0 bridgehead atoms. The van der Waals surface area contributed by atoms with Crippen LogP contribution in [0, 0.1) is 11.6 Å². The minimum atomic E-state index is -0.491. The Morgan fingerprint density at radius 2 is 1.95 bits per heavy atom. The summed E-state index contributed by atoms with van der Waals surface area (Å²) < 4.78 is 26.5. The summed E-state index contributed by atoms with van der Waals surface area (Å²) in [5.74, 6) is -0.980. The second-order valence-electron chi connectivity index (χ2n) is 4.23. The van der Waals surface area contributed by atoms with Gasteiger partial charge in [-0.25, -0.2) is 18.7 Å². The molecule has 19 heavy (non-hydrogen) atoms. The second kappa shape index (κ2) is 6.08. The van der Waals surface area contributed by atoms with E-state index in [4.69, 9.17) is 5.73 Å². The lowest BCUT2D eigenvalue weighted by Crippen LogP contribution is -2.17. The number of aromatic nitrogens is 2. The van der Waals surface area contributed by atoms with Gasteiger partial charge in [0.05, 0.1) is 4.90 Å². The normalized spacial score (nSPS) is 12.4. The van der Waals surface area contributed by atoms with Crippen LogP contribution in [0.4, 0.5) is 8.78 Å². The lowest BCUT2D eigenvalue weighted by atomic mass is 10.1. The van der Waals surface area contributed by atoms with Crippen molar-refractivity contribution in [2.45, 2.75) is 29.4 Å². The molecule has 0 aliphatic rings. The van der Waals surface area contributed by atoms with Gasteiger partial charge in [-0.15, -0.1) is 0 Å². The van der Waals surface area contributed by atoms with Crippen molar-refractivity contribution < 1.29 is 8.78 Å². The third-order valence-electron chi connectivity index (χ3n) is 2.33. The fourth-order valence-corrected chi connectivity index (χ4v) is 2.27. The van der Waals surface area contributed by atoms with E-state index in [9.17, 15) is 8.78 Å². The van der Waals surface area contributed by atoms with Crippen LogP contribution >= 0.6 is 11.8 Å². The van der Waals surface area contributed by atoms with Crippen LogP contribution in [-0.4, -0.2) is 16.0 Å². The van der Waals surface area contributed by atoms with E-state index in [-0.39, 0.29) is 10.9 Å². The van der Waals surface area contributed by atoms with Crippen molar-refractivity contribution in [3.05, 3.63) is 47.8 Å². The van der Waals surface area contributed by atoms with Gasteiger partial charge in [0.2, 0.25) is 0 Å². The number of benzene rings is 1. The van der Waals surface area contributed by atoms with E-state index >= 15 is 0 Å². The predicted molar refractivity (Wildman–Crippen MR) is 69.9 cm³/mol. The third kappa shape index (κ3) is 3.97. The highest BCUT2D eigenvalue weighted by Gasteiger charge is 2.08. The van der Waals surface area contributed by atoms with Gasteiger partial charge >= 0.3 is 0 Å². The number of halogens is 2. The smallest absolute Gasteiger partial charge is 0.192 e. The van der Waals surface area contributed by atoms with Crippen LogP contribution in [0.2, 0.25) is 0 Å². The Labute approximate surface area is 114 Å². The molecule has 0 radical (unpaired) electrons. The summed E-state index contributed by atoms with van der Waals surface area (Å²) in [5.41, 5.74) is 6.59. The first kappa shape index (κ1) is 13.9. The zero-order chi connectivity index (χ0) is 13.8. The Morgan fingerprint density at radius 3 is 2.58 bits per heavy atom. The number of hydrogen-bond donors (Lipinski definition) is 1. The van der Waals surface area contributed by atoms with E-state index in [0.29, 0.717) is 11.6 Å². The molecule has 2 N–H and O–H groups in total. The van der Waals surface area contributed by atoms with E-state index in [0.717, 1.165) is 35.5 Å². The fraction of sp³-hybridized carbons (Fsp3) is 0.231. The Balaban J connectivity index is 2.13. The topological polar surface area (TPSA) is 51.8 Å². The van der Waals surface area contributed by atoms with Gasteiger partial charge < -0.3 is 5.73 Å². The molecular weight excluding hydrogens is 268 g/mol. The molecule has 0 spiro atoms. The maximum atomic E-state index is 13.4. The van der Waals surface area contributed by atoms with Crippen molar-refractivity contribution in [3.63, 3.8) is 0 Å². The molecule has 6 heteroatoms. The van der Waals surface area contributed by atoms with E-state index in [2.05, 4.69) is 9.97 Å². The summed E-state index contributed by atoms with van der Waals surface area (Å²) in [5, 5.41) is 0.373. The molecule has 0 aliphatic carbocycles. The molecule has 100 valence electrons. The van der Waals surface area contributed by atoms with E-state index < -0.39 is 11.6 Å². The quantitative estimate of drug-likeness (QED) is 0.876. The number of rotatable bonds is 4. The van der Waals surface area contributed by atoms with E-state index in [1.807, 2.05) is 6.92 Å². The fourth-order valence-electron chi connectivity index (χ4n) is 1.53. The van der Waals surface area contributed by atoms with Crippen molar-refractivity contribution in [2.24, 2.45) is 5.73 Å². The van der Waals surface area contributed by atoms with Crippen molar-refractivity contribution in [3.8, 4) is 0 Å². The molecule has 0 fully saturated rings. The molecular formula is C13H13F2N3S. The first-order chi connectivity index (χ1) is 9.04. The van der Waals surface area contributed by atoms with Crippen molar-refractivity contribution >= 4 is 11.8 Å². The molecule has 0 saturated heterocycles. The number of nitrogens with zero attached hydrogens (tertiary/aromatic N) is 2.